The van der Waals surface area contributed by atoms with Gasteiger partial charge in [-0.3, -0.25) is 0 Å². The van der Waals surface area contributed by atoms with Gasteiger partial charge in [0.05, 0.1) is 11.4 Å². The molecule has 0 spiro atoms. The van der Waals surface area contributed by atoms with Gasteiger partial charge in [-0.1, -0.05) is 65.2 Å². The van der Waals surface area contributed by atoms with Crippen LogP contribution in [0.2, 0.25) is 0 Å². The molecule has 0 aliphatic carbocycles. The summed E-state index contributed by atoms with van der Waals surface area (Å²) in [6.45, 7) is 4.16. The van der Waals surface area contributed by atoms with E-state index < -0.39 is 21.5 Å². The van der Waals surface area contributed by atoms with Crippen LogP contribution < -0.4 is 51.4 Å². The number of aliphatic hydroxyl groups excluding tert-OH is 1. The summed E-state index contributed by atoms with van der Waals surface area (Å²) in [4.78, 5) is 0. The largest absolute Gasteiger partial charge is 1.00 e. The van der Waals surface area contributed by atoms with Gasteiger partial charge in [-0.15, -0.1) is 0 Å². The van der Waals surface area contributed by atoms with Gasteiger partial charge < -0.3 is 9.66 Å². The van der Waals surface area contributed by atoms with E-state index in [0.29, 0.717) is 19.3 Å². The topological polar surface area (TPSA) is 77.4 Å². The molecule has 0 rings (SSSR count). The molecule has 2 atom stereocenters. The summed E-state index contributed by atoms with van der Waals surface area (Å²) in [5.41, 5.74) is 0. The number of aliphatic hydroxyl groups is 1. The molecule has 116 valence electrons. The van der Waals surface area contributed by atoms with Gasteiger partial charge in [0, 0.05) is 0 Å². The predicted molar refractivity (Wildman–Crippen MR) is 77.0 cm³/mol. The van der Waals surface area contributed by atoms with Gasteiger partial charge >= 0.3 is 51.4 Å². The third-order valence-electron chi connectivity index (χ3n) is 3.50. The molecule has 0 saturated carbocycles. The maximum absolute atomic E-state index is 11.2. The molecule has 4 nitrogen and oxygen atoms in total. The van der Waals surface area contributed by atoms with Crippen LogP contribution in [0.1, 0.15) is 78.1 Å². The second-order valence-corrected chi connectivity index (χ2v) is 6.89. The van der Waals surface area contributed by atoms with Crippen LogP contribution in [0, 0.1) is 0 Å². The van der Waals surface area contributed by atoms with E-state index in [4.69, 9.17) is 0 Å². The number of hydrogen-bond acceptors (Lipinski definition) is 4. The fourth-order valence-corrected chi connectivity index (χ4v) is 3.24. The van der Waals surface area contributed by atoms with Gasteiger partial charge in [-0.25, -0.2) is 8.42 Å². The van der Waals surface area contributed by atoms with Crippen LogP contribution in [0.3, 0.4) is 0 Å². The van der Waals surface area contributed by atoms with E-state index in [-0.39, 0.29) is 51.4 Å². The Balaban J connectivity index is 0. The number of rotatable bonds is 12. The van der Waals surface area contributed by atoms with E-state index >= 15 is 0 Å². The van der Waals surface area contributed by atoms with Crippen LogP contribution in [0.4, 0.5) is 0 Å². The van der Waals surface area contributed by atoms with E-state index in [0.717, 1.165) is 44.9 Å². The molecule has 0 radical (unpaired) electrons. The van der Waals surface area contributed by atoms with Gasteiger partial charge in [0.15, 0.2) is 0 Å². The van der Waals surface area contributed by atoms with Gasteiger partial charge in [-0.2, -0.15) is 0 Å². The average Bonchev–Trinajstić information content (AvgIpc) is 2.32. The number of unbranched alkanes of at least 4 members (excludes halogenated alkanes) is 6. The molecular formula is C14H29KO4S. The van der Waals surface area contributed by atoms with Crippen molar-refractivity contribution in [3.05, 3.63) is 0 Å². The first-order chi connectivity index (χ1) is 8.93. The first-order valence-corrected chi connectivity index (χ1v) is 9.03. The van der Waals surface area contributed by atoms with E-state index in [1.165, 1.54) is 0 Å². The second kappa shape index (κ2) is 14.1. The Kier molecular flexibility index (Phi) is 16.8. The third kappa shape index (κ3) is 12.1. The molecule has 0 aliphatic heterocycles. The van der Waals surface area contributed by atoms with Crippen molar-refractivity contribution >= 4 is 10.1 Å². The monoisotopic (exact) mass is 332 g/mol. The van der Waals surface area contributed by atoms with Crippen molar-refractivity contribution in [1.82, 2.24) is 0 Å². The van der Waals surface area contributed by atoms with E-state index in [9.17, 15) is 18.1 Å². The van der Waals surface area contributed by atoms with Crippen LogP contribution in [-0.2, 0) is 10.1 Å². The van der Waals surface area contributed by atoms with Crippen LogP contribution in [-0.4, -0.2) is 29.4 Å². The van der Waals surface area contributed by atoms with Gasteiger partial charge in [0.1, 0.15) is 10.1 Å². The van der Waals surface area contributed by atoms with Crippen LogP contribution in [0.25, 0.3) is 0 Å². The Hall–Kier alpha value is 1.51. The summed E-state index contributed by atoms with van der Waals surface area (Å²) >= 11 is 0. The zero-order chi connectivity index (χ0) is 14.7. The van der Waals surface area contributed by atoms with Gasteiger partial charge in [-0.05, 0) is 12.8 Å². The average molecular weight is 333 g/mol. The molecule has 0 heterocycles. The minimum atomic E-state index is -4.39. The molecule has 0 bridgehead atoms. The Morgan fingerprint density at radius 1 is 0.900 bits per heavy atom. The van der Waals surface area contributed by atoms with E-state index in [1.807, 2.05) is 6.92 Å². The molecule has 0 aliphatic rings. The summed E-state index contributed by atoms with van der Waals surface area (Å²) in [6, 6.07) is 0. The molecule has 0 fully saturated rings. The minimum absolute atomic E-state index is 0. The molecule has 6 heteroatoms. The summed E-state index contributed by atoms with van der Waals surface area (Å²) in [7, 11) is -4.39. The first kappa shape index (κ1) is 23.8. The number of hydrogen-bond donors (Lipinski definition) is 1. The standard InChI is InChI=1S/C14H30O4S.K/c1-3-5-7-8-10-12-14(19(16,17)18)13(15)11-9-6-4-2;/h13-15H,3-12H2,1-2H3,(H,16,17,18);/q;+1/p-1. The van der Waals surface area contributed by atoms with Gasteiger partial charge in [0.2, 0.25) is 0 Å². The van der Waals surface area contributed by atoms with Gasteiger partial charge in [0.25, 0.3) is 0 Å². The first-order valence-electron chi connectivity index (χ1n) is 7.56. The van der Waals surface area contributed by atoms with Crippen molar-refractivity contribution in [2.45, 2.75) is 89.4 Å². The fraction of sp³-hybridized carbons (Fsp3) is 1.00. The Morgan fingerprint density at radius 3 is 1.85 bits per heavy atom. The maximum Gasteiger partial charge on any atom is 1.00 e. The third-order valence-corrected chi connectivity index (χ3v) is 4.79. The Bertz CT molecular complexity index is 306. The van der Waals surface area contributed by atoms with Crippen LogP contribution in [0.15, 0.2) is 0 Å². The van der Waals surface area contributed by atoms with Crippen molar-refractivity contribution < 1.29 is 69.5 Å². The van der Waals surface area contributed by atoms with E-state index in [1.54, 1.807) is 0 Å². The van der Waals surface area contributed by atoms with Crippen LogP contribution >= 0.6 is 0 Å². The summed E-state index contributed by atoms with van der Waals surface area (Å²) < 4.78 is 33.6. The predicted octanol–water partition coefficient (Wildman–Crippen LogP) is 0.206. The second-order valence-electron chi connectivity index (χ2n) is 5.30. The molecule has 0 aromatic heterocycles. The molecule has 0 saturated heterocycles. The summed E-state index contributed by atoms with van der Waals surface area (Å²) in [5, 5.41) is 8.78. The molecule has 2 unspecified atom stereocenters. The van der Waals surface area contributed by atoms with E-state index in [2.05, 4.69) is 6.92 Å². The summed E-state index contributed by atoms with van der Waals surface area (Å²) in [5.74, 6) is 0. The molecule has 1 N–H and O–H groups in total. The van der Waals surface area contributed by atoms with Crippen LogP contribution in [0.5, 0.6) is 0 Å². The maximum atomic E-state index is 11.2. The SMILES string of the molecule is CCCCCCCC(C(O)CCCCC)S(=O)(=O)[O-].[K+]. The zero-order valence-corrected chi connectivity index (χ0v) is 17.2. The molecule has 0 aromatic carbocycles. The minimum Gasteiger partial charge on any atom is -0.748 e. The molecule has 20 heavy (non-hydrogen) atoms. The van der Waals surface area contributed by atoms with Crippen molar-refractivity contribution in [1.29, 1.82) is 0 Å². The zero-order valence-electron chi connectivity index (χ0n) is 13.3. The van der Waals surface area contributed by atoms with Crippen molar-refractivity contribution in [3.8, 4) is 0 Å². The Labute approximate surface area is 167 Å². The quantitative estimate of drug-likeness (QED) is 0.315. The Morgan fingerprint density at radius 2 is 1.35 bits per heavy atom. The molecule has 0 amide bonds. The van der Waals surface area contributed by atoms with Crippen molar-refractivity contribution in [3.63, 3.8) is 0 Å². The summed E-state index contributed by atoms with van der Waals surface area (Å²) in [6.07, 6.45) is 7.42. The normalized spacial score (nSPS) is 14.6. The fourth-order valence-electron chi connectivity index (χ4n) is 2.27. The van der Waals surface area contributed by atoms with Crippen molar-refractivity contribution in [2.75, 3.05) is 0 Å². The smallest absolute Gasteiger partial charge is 0.748 e. The van der Waals surface area contributed by atoms with Crippen molar-refractivity contribution in [2.24, 2.45) is 0 Å². The molecular weight excluding hydrogens is 303 g/mol. The molecule has 0 aromatic rings.